The van der Waals surface area contributed by atoms with Crippen LogP contribution in [-0.4, -0.2) is 72.7 Å². The van der Waals surface area contributed by atoms with Crippen LogP contribution >= 0.6 is 35.5 Å². The maximum Gasteiger partial charge on any atom is 0.205 e. The van der Waals surface area contributed by atoms with Crippen LogP contribution in [0.2, 0.25) is 0 Å². The van der Waals surface area contributed by atoms with E-state index in [4.69, 9.17) is 9.73 Å². The molecule has 0 amide bonds. The summed E-state index contributed by atoms with van der Waals surface area (Å²) in [5.41, 5.74) is 0.186. The molecule has 26 heavy (non-hydrogen) atoms. The molecule has 0 saturated carbocycles. The predicted molar refractivity (Wildman–Crippen MR) is 118 cm³/mol. The smallest absolute Gasteiger partial charge is 0.205 e. The van der Waals surface area contributed by atoms with E-state index in [1.54, 1.807) is 0 Å². The third kappa shape index (κ3) is 5.41. The highest BCUT2D eigenvalue weighted by atomic mass is 127. The molecule has 1 N–H and O–H groups in total. The first-order valence-electron chi connectivity index (χ1n) is 9.32. The van der Waals surface area contributed by atoms with Crippen molar-refractivity contribution in [3.05, 3.63) is 5.82 Å². The highest BCUT2D eigenvalue weighted by Crippen LogP contribution is 2.28. The van der Waals surface area contributed by atoms with Gasteiger partial charge in [-0.25, -0.2) is 4.98 Å². The summed E-state index contributed by atoms with van der Waals surface area (Å²) >= 11 is 1.51. The number of guanidine groups is 1. The highest BCUT2D eigenvalue weighted by Gasteiger charge is 2.30. The van der Waals surface area contributed by atoms with Gasteiger partial charge >= 0.3 is 0 Å². The molecule has 0 bridgehead atoms. The molecule has 2 aliphatic heterocycles. The van der Waals surface area contributed by atoms with Crippen LogP contribution in [0.25, 0.3) is 0 Å². The number of anilines is 1. The third-order valence-electron chi connectivity index (χ3n) is 4.87. The van der Waals surface area contributed by atoms with Crippen LogP contribution in [0.5, 0.6) is 0 Å². The van der Waals surface area contributed by atoms with Crippen molar-refractivity contribution < 1.29 is 4.74 Å². The number of hydrogen-bond acceptors (Lipinski definition) is 6. The summed E-state index contributed by atoms with van der Waals surface area (Å²) in [7, 11) is 0. The van der Waals surface area contributed by atoms with E-state index in [0.717, 1.165) is 82.2 Å². The van der Waals surface area contributed by atoms with Crippen LogP contribution in [0.3, 0.4) is 0 Å². The lowest BCUT2D eigenvalue weighted by Gasteiger charge is -2.36. The predicted octanol–water partition coefficient (Wildman–Crippen LogP) is 2.23. The van der Waals surface area contributed by atoms with Crippen molar-refractivity contribution in [3.8, 4) is 0 Å². The van der Waals surface area contributed by atoms with Gasteiger partial charge in [-0.05, 0) is 13.3 Å². The van der Waals surface area contributed by atoms with Crippen LogP contribution in [0, 0.1) is 5.41 Å². The second-order valence-corrected chi connectivity index (χ2v) is 7.83. The van der Waals surface area contributed by atoms with Crippen molar-refractivity contribution in [2.24, 2.45) is 10.4 Å². The number of aliphatic imine (C=N–C) groups is 1. The minimum atomic E-state index is 0. The molecule has 9 heteroatoms. The van der Waals surface area contributed by atoms with Crippen LogP contribution < -0.4 is 10.2 Å². The monoisotopic (exact) mass is 494 g/mol. The van der Waals surface area contributed by atoms with E-state index < -0.39 is 0 Å². The first kappa shape index (κ1) is 21.6. The summed E-state index contributed by atoms with van der Waals surface area (Å²) < 4.78 is 9.95. The number of rotatable bonds is 5. The molecule has 3 heterocycles. The summed E-state index contributed by atoms with van der Waals surface area (Å²) in [5.74, 6) is 1.98. The Hall–Kier alpha value is -0.680. The first-order chi connectivity index (χ1) is 12.1. The van der Waals surface area contributed by atoms with Gasteiger partial charge in [0.15, 0.2) is 5.96 Å². The molecule has 0 aromatic carbocycles. The van der Waals surface area contributed by atoms with E-state index in [1.807, 2.05) is 0 Å². The maximum absolute atomic E-state index is 5.55. The average molecular weight is 494 g/mol. The summed E-state index contributed by atoms with van der Waals surface area (Å²) in [4.78, 5) is 14.2. The number of aromatic nitrogens is 2. The van der Waals surface area contributed by atoms with Crippen LogP contribution in [0.4, 0.5) is 5.13 Å². The topological polar surface area (TPSA) is 65.9 Å². The van der Waals surface area contributed by atoms with E-state index in [9.17, 15) is 0 Å². The second-order valence-electron chi connectivity index (χ2n) is 7.10. The van der Waals surface area contributed by atoms with E-state index in [1.165, 1.54) is 11.5 Å². The van der Waals surface area contributed by atoms with Gasteiger partial charge < -0.3 is 19.9 Å². The third-order valence-corrected chi connectivity index (χ3v) is 5.68. The van der Waals surface area contributed by atoms with Gasteiger partial charge in [0, 0.05) is 62.7 Å². The van der Waals surface area contributed by atoms with Gasteiger partial charge in [0.1, 0.15) is 5.82 Å². The van der Waals surface area contributed by atoms with Gasteiger partial charge in [-0.2, -0.15) is 4.37 Å². The molecule has 148 valence electrons. The van der Waals surface area contributed by atoms with Gasteiger partial charge in [-0.3, -0.25) is 4.99 Å². The zero-order valence-corrected chi connectivity index (χ0v) is 19.2. The number of nitrogens with one attached hydrogen (secondary N) is 1. The minimum Gasteiger partial charge on any atom is -0.381 e. The lowest BCUT2D eigenvalue weighted by atomic mass is 9.90. The van der Waals surface area contributed by atoms with Crippen molar-refractivity contribution in [1.82, 2.24) is 19.6 Å². The van der Waals surface area contributed by atoms with Gasteiger partial charge in [0.2, 0.25) is 5.13 Å². The van der Waals surface area contributed by atoms with Crippen LogP contribution in [0.1, 0.15) is 33.0 Å². The largest absolute Gasteiger partial charge is 0.381 e. The Labute approximate surface area is 177 Å². The van der Waals surface area contributed by atoms with Crippen molar-refractivity contribution in [2.45, 2.75) is 33.6 Å². The van der Waals surface area contributed by atoms with Gasteiger partial charge in [-0.1, -0.05) is 13.8 Å². The molecule has 0 aliphatic carbocycles. The molecule has 1 atom stereocenters. The number of aryl methyl sites for hydroxylation is 1. The Morgan fingerprint density at radius 1 is 1.31 bits per heavy atom. The second kappa shape index (κ2) is 10.0. The lowest BCUT2D eigenvalue weighted by molar-refractivity contribution is 0.162. The van der Waals surface area contributed by atoms with E-state index in [2.05, 4.69) is 45.2 Å². The van der Waals surface area contributed by atoms with Crippen molar-refractivity contribution >= 4 is 46.6 Å². The van der Waals surface area contributed by atoms with Crippen molar-refractivity contribution in [3.63, 3.8) is 0 Å². The standard InChI is InChI=1S/C17H30N6OS.HI/c1-4-14-20-16(25-21-14)23-9-7-22(8-10-23)15(18-5-2)19-12-17(3)6-11-24-13-17;/h4-13H2,1-3H3,(H,18,19);1H. The fourth-order valence-electron chi connectivity index (χ4n) is 3.15. The Balaban J connectivity index is 0.00000243. The molecule has 2 saturated heterocycles. The number of nitrogens with zero attached hydrogens (tertiary/aromatic N) is 5. The molecular weight excluding hydrogens is 463 g/mol. The van der Waals surface area contributed by atoms with E-state index in [-0.39, 0.29) is 29.4 Å². The summed E-state index contributed by atoms with van der Waals surface area (Å²) in [5, 5.41) is 4.50. The van der Waals surface area contributed by atoms with Gasteiger partial charge in [-0.15, -0.1) is 24.0 Å². The molecule has 1 aromatic rings. The number of piperazine rings is 1. The van der Waals surface area contributed by atoms with Gasteiger partial charge in [0.25, 0.3) is 0 Å². The molecule has 7 nitrogen and oxygen atoms in total. The Morgan fingerprint density at radius 2 is 2.08 bits per heavy atom. The minimum absolute atomic E-state index is 0. The van der Waals surface area contributed by atoms with E-state index >= 15 is 0 Å². The van der Waals surface area contributed by atoms with Crippen LogP contribution in [-0.2, 0) is 11.2 Å². The molecule has 1 aromatic heterocycles. The first-order valence-corrected chi connectivity index (χ1v) is 10.1. The fraction of sp³-hybridized carbons (Fsp3) is 0.824. The summed E-state index contributed by atoms with van der Waals surface area (Å²) in [6.45, 7) is 13.7. The number of hydrogen-bond donors (Lipinski definition) is 1. The fourth-order valence-corrected chi connectivity index (χ4v) is 3.95. The average Bonchev–Trinajstić information content (AvgIpc) is 3.28. The number of halogens is 1. The maximum atomic E-state index is 5.55. The normalized spacial score (nSPS) is 23.9. The molecule has 3 rings (SSSR count). The SMILES string of the molecule is CCNC(=NCC1(C)CCOC1)N1CCN(c2nc(CC)ns2)CC1.I. The van der Waals surface area contributed by atoms with Crippen molar-refractivity contribution in [2.75, 3.05) is 57.4 Å². The zero-order chi connectivity index (χ0) is 17.7. The van der Waals surface area contributed by atoms with E-state index in [0.29, 0.717) is 0 Å². The van der Waals surface area contributed by atoms with Gasteiger partial charge in [0.05, 0.1) is 13.2 Å². The lowest BCUT2D eigenvalue weighted by Crippen LogP contribution is -2.52. The Bertz CT molecular complexity index is 582. The molecule has 2 fully saturated rings. The van der Waals surface area contributed by atoms with Crippen molar-refractivity contribution in [1.29, 1.82) is 0 Å². The molecule has 0 spiro atoms. The molecule has 1 unspecified atom stereocenters. The quantitative estimate of drug-likeness (QED) is 0.385. The zero-order valence-electron chi connectivity index (χ0n) is 16.0. The summed E-state index contributed by atoms with van der Waals surface area (Å²) in [6, 6.07) is 0. The van der Waals surface area contributed by atoms with Crippen LogP contribution in [0.15, 0.2) is 4.99 Å². The highest BCUT2D eigenvalue weighted by molar-refractivity contribution is 14.0. The Morgan fingerprint density at radius 3 is 2.65 bits per heavy atom. The summed E-state index contributed by atoms with van der Waals surface area (Å²) in [6.07, 6.45) is 2.00. The molecular formula is C17H31IN6OS. The Kier molecular flexibility index (Phi) is 8.34. The molecule has 0 radical (unpaired) electrons. The molecule has 2 aliphatic rings. The number of ether oxygens (including phenoxy) is 1.